The number of nitrogens with zero attached hydrogens (tertiary/aromatic N) is 1. The van der Waals surface area contributed by atoms with Crippen LogP contribution in [-0.2, 0) is 6.42 Å². The lowest BCUT2D eigenvalue weighted by atomic mass is 9.94. The molecular weight excluding hydrogens is 260 g/mol. The molecule has 1 heterocycles. The van der Waals surface area contributed by atoms with Gasteiger partial charge in [-0.25, -0.2) is 4.98 Å². The van der Waals surface area contributed by atoms with Gasteiger partial charge in [0.25, 0.3) is 0 Å². The Morgan fingerprint density at radius 1 is 1.10 bits per heavy atom. The topological polar surface area (TPSA) is 53.8 Å². The third-order valence-corrected chi connectivity index (χ3v) is 3.61. The Bertz CT molecular complexity index is 694. The quantitative estimate of drug-likeness (QED) is 0.683. The van der Waals surface area contributed by atoms with Crippen LogP contribution in [0.25, 0.3) is 0 Å². The molecule has 0 aliphatic heterocycles. The molecule has 0 bridgehead atoms. The van der Waals surface area contributed by atoms with E-state index < -0.39 is 0 Å². The van der Waals surface area contributed by atoms with E-state index in [4.69, 9.17) is 5.41 Å². The molecule has 0 saturated heterocycles. The van der Waals surface area contributed by atoms with Crippen LogP contribution in [0.3, 0.4) is 0 Å². The molecule has 1 N–H and O–H groups in total. The van der Waals surface area contributed by atoms with Crippen LogP contribution in [0.15, 0.2) is 30.3 Å². The molecule has 3 heteroatoms. The van der Waals surface area contributed by atoms with Crippen LogP contribution < -0.4 is 0 Å². The van der Waals surface area contributed by atoms with Crippen molar-refractivity contribution in [3.8, 4) is 0 Å². The van der Waals surface area contributed by atoms with Gasteiger partial charge in [0.05, 0.1) is 11.4 Å². The zero-order valence-electron chi connectivity index (χ0n) is 12.9. The van der Waals surface area contributed by atoms with Gasteiger partial charge in [-0.2, -0.15) is 0 Å². The van der Waals surface area contributed by atoms with Crippen molar-refractivity contribution >= 4 is 11.5 Å². The summed E-state index contributed by atoms with van der Waals surface area (Å²) >= 11 is 0. The third kappa shape index (κ3) is 3.43. The lowest BCUT2D eigenvalue weighted by Crippen LogP contribution is -2.10. The Morgan fingerprint density at radius 3 is 2.24 bits per heavy atom. The maximum Gasteiger partial charge on any atom is 0.178 e. The van der Waals surface area contributed by atoms with Crippen LogP contribution in [-0.4, -0.2) is 16.5 Å². The van der Waals surface area contributed by atoms with E-state index in [9.17, 15) is 4.79 Å². The highest BCUT2D eigenvalue weighted by Gasteiger charge is 2.11. The zero-order valence-corrected chi connectivity index (χ0v) is 12.9. The number of hydrogen-bond donors (Lipinski definition) is 1. The minimum absolute atomic E-state index is 0.0765. The Hall–Kier alpha value is -2.29. The van der Waals surface area contributed by atoms with Crippen molar-refractivity contribution in [1.82, 2.24) is 4.98 Å². The normalized spacial score (nSPS) is 10.5. The number of hydrogen-bond acceptors (Lipinski definition) is 3. The minimum atomic E-state index is -0.0765. The number of aryl methyl sites for hydroxylation is 3. The van der Waals surface area contributed by atoms with Gasteiger partial charge in [-0.05, 0) is 49.6 Å². The number of aromatic nitrogens is 1. The summed E-state index contributed by atoms with van der Waals surface area (Å²) in [5.41, 5.74) is 6.21. The van der Waals surface area contributed by atoms with E-state index in [1.807, 2.05) is 0 Å². The van der Waals surface area contributed by atoms with E-state index in [1.54, 1.807) is 18.2 Å². The first-order valence-electron chi connectivity index (χ1n) is 7.01. The summed E-state index contributed by atoms with van der Waals surface area (Å²) in [6.07, 6.45) is 0.534. The van der Waals surface area contributed by atoms with Crippen molar-refractivity contribution in [2.75, 3.05) is 0 Å². The summed E-state index contributed by atoms with van der Waals surface area (Å²) < 4.78 is 0. The highest BCUT2D eigenvalue weighted by molar-refractivity contribution is 6.00. The standard InChI is InChI=1S/C18H20N2O/c1-11-8-12(2)15(13(3)9-11)10-16(19)18-7-5-6-17(20-18)14(4)21/h5-9,19H,10H2,1-4H3. The third-order valence-electron chi connectivity index (χ3n) is 3.61. The molecule has 0 aliphatic rings. The molecule has 0 amide bonds. The van der Waals surface area contributed by atoms with E-state index >= 15 is 0 Å². The molecule has 108 valence electrons. The van der Waals surface area contributed by atoms with Crippen LogP contribution >= 0.6 is 0 Å². The molecule has 3 nitrogen and oxygen atoms in total. The molecule has 21 heavy (non-hydrogen) atoms. The fraction of sp³-hybridized carbons (Fsp3) is 0.278. The van der Waals surface area contributed by atoms with Crippen LogP contribution in [0.2, 0.25) is 0 Å². The fourth-order valence-corrected chi connectivity index (χ4v) is 2.55. The summed E-state index contributed by atoms with van der Waals surface area (Å²) in [7, 11) is 0. The first-order valence-corrected chi connectivity index (χ1v) is 7.01. The molecule has 0 atom stereocenters. The lowest BCUT2D eigenvalue weighted by molar-refractivity contribution is 0.101. The van der Waals surface area contributed by atoms with Crippen molar-refractivity contribution in [2.24, 2.45) is 0 Å². The van der Waals surface area contributed by atoms with Gasteiger partial charge >= 0.3 is 0 Å². The van der Waals surface area contributed by atoms with Crippen LogP contribution in [0.1, 0.15) is 45.4 Å². The number of ketones is 1. The smallest absolute Gasteiger partial charge is 0.178 e. The molecule has 2 rings (SSSR count). The Balaban J connectivity index is 2.30. The monoisotopic (exact) mass is 280 g/mol. The summed E-state index contributed by atoms with van der Waals surface area (Å²) in [4.78, 5) is 15.7. The first-order chi connectivity index (χ1) is 9.88. The maximum absolute atomic E-state index is 11.4. The van der Waals surface area contributed by atoms with Crippen molar-refractivity contribution < 1.29 is 4.79 Å². The van der Waals surface area contributed by atoms with E-state index in [2.05, 4.69) is 37.9 Å². The Kier molecular flexibility index (Phi) is 4.32. The van der Waals surface area contributed by atoms with Crippen molar-refractivity contribution in [1.29, 1.82) is 5.41 Å². The summed E-state index contributed by atoms with van der Waals surface area (Å²) in [5.74, 6) is -0.0765. The molecule has 0 radical (unpaired) electrons. The average Bonchev–Trinajstić information content (AvgIpc) is 2.42. The van der Waals surface area contributed by atoms with Crippen molar-refractivity contribution in [2.45, 2.75) is 34.1 Å². The van der Waals surface area contributed by atoms with Gasteiger partial charge in [0.2, 0.25) is 0 Å². The summed E-state index contributed by atoms with van der Waals surface area (Å²) in [6, 6.07) is 9.52. The number of benzene rings is 1. The second kappa shape index (κ2) is 6.00. The maximum atomic E-state index is 11.4. The second-order valence-electron chi connectivity index (χ2n) is 5.50. The van der Waals surface area contributed by atoms with Gasteiger partial charge in [0.1, 0.15) is 5.69 Å². The Morgan fingerprint density at radius 2 is 1.67 bits per heavy atom. The number of pyridine rings is 1. The van der Waals surface area contributed by atoms with E-state index in [0.29, 0.717) is 23.5 Å². The number of carbonyl (C=O) groups excluding carboxylic acids is 1. The molecular formula is C18H20N2O. The predicted molar refractivity (Wildman–Crippen MR) is 85.4 cm³/mol. The largest absolute Gasteiger partial charge is 0.303 e. The molecule has 1 aromatic heterocycles. The molecule has 0 saturated carbocycles. The van der Waals surface area contributed by atoms with Crippen LogP contribution in [0.4, 0.5) is 0 Å². The van der Waals surface area contributed by atoms with Gasteiger partial charge in [0.15, 0.2) is 5.78 Å². The number of nitrogens with one attached hydrogen (secondary N) is 1. The molecule has 0 unspecified atom stereocenters. The summed E-state index contributed by atoms with van der Waals surface area (Å²) in [5, 5.41) is 8.28. The first kappa shape index (κ1) is 15.1. The highest BCUT2D eigenvalue weighted by atomic mass is 16.1. The van der Waals surface area contributed by atoms with Gasteiger partial charge in [0, 0.05) is 13.3 Å². The fourth-order valence-electron chi connectivity index (χ4n) is 2.55. The number of rotatable bonds is 4. The second-order valence-corrected chi connectivity index (χ2v) is 5.50. The SMILES string of the molecule is CC(=O)c1cccc(C(=N)Cc2c(C)cc(C)cc2C)n1. The molecule has 2 aromatic rings. The molecule has 1 aromatic carbocycles. The zero-order chi connectivity index (χ0) is 15.6. The van der Waals surface area contributed by atoms with Gasteiger partial charge in [-0.1, -0.05) is 23.8 Å². The molecule has 0 aliphatic carbocycles. The van der Waals surface area contributed by atoms with Crippen LogP contribution in [0.5, 0.6) is 0 Å². The van der Waals surface area contributed by atoms with Gasteiger partial charge in [-0.15, -0.1) is 0 Å². The van der Waals surface area contributed by atoms with E-state index in [0.717, 1.165) is 0 Å². The lowest BCUT2D eigenvalue weighted by Gasteiger charge is -2.12. The van der Waals surface area contributed by atoms with Crippen LogP contribution in [0, 0.1) is 26.2 Å². The van der Waals surface area contributed by atoms with Crippen molar-refractivity contribution in [3.05, 3.63) is 64.0 Å². The van der Waals surface area contributed by atoms with Gasteiger partial charge < -0.3 is 5.41 Å². The van der Waals surface area contributed by atoms with E-state index in [-0.39, 0.29) is 5.78 Å². The predicted octanol–water partition coefficient (Wildman–Crippen LogP) is 3.82. The van der Waals surface area contributed by atoms with Crippen molar-refractivity contribution in [3.63, 3.8) is 0 Å². The van der Waals surface area contributed by atoms with Gasteiger partial charge in [-0.3, -0.25) is 4.79 Å². The number of carbonyl (C=O) groups is 1. The average molecular weight is 280 g/mol. The Labute approximate surface area is 125 Å². The van der Waals surface area contributed by atoms with E-state index in [1.165, 1.54) is 29.2 Å². The minimum Gasteiger partial charge on any atom is -0.303 e. The molecule has 0 fully saturated rings. The highest BCUT2D eigenvalue weighted by Crippen LogP contribution is 2.18. The summed E-state index contributed by atoms with van der Waals surface area (Å²) in [6.45, 7) is 7.71. The molecule has 0 spiro atoms. The number of Topliss-reactive ketones (excluding diaryl/α,β-unsaturated/α-hetero) is 1.